The van der Waals surface area contributed by atoms with Gasteiger partial charge in [0.2, 0.25) is 0 Å². The van der Waals surface area contributed by atoms with Crippen LogP contribution in [-0.2, 0) is 4.43 Å². The molecule has 1 atom stereocenters. The van der Waals surface area contributed by atoms with E-state index in [-0.39, 0.29) is 0 Å². The summed E-state index contributed by atoms with van der Waals surface area (Å²) < 4.78 is 5.58. The van der Waals surface area contributed by atoms with Crippen LogP contribution in [0.3, 0.4) is 0 Å². The Labute approximate surface area is 90.2 Å². The Kier molecular flexibility index (Phi) is 6.48. The highest BCUT2D eigenvalue weighted by Gasteiger charge is 2.19. The zero-order valence-electron chi connectivity index (χ0n) is 9.72. The van der Waals surface area contributed by atoms with Gasteiger partial charge in [-0.05, 0) is 24.9 Å². The van der Waals surface area contributed by atoms with E-state index in [9.17, 15) is 0 Å². The Morgan fingerprint density at radius 3 is 2.57 bits per heavy atom. The van der Waals surface area contributed by atoms with Gasteiger partial charge in [0.25, 0.3) is 9.20 Å². The molecule has 0 aromatic heterocycles. The minimum Gasteiger partial charge on any atom is -0.409 e. The maximum absolute atomic E-state index is 5.58. The average Bonchev–Trinajstić information content (AvgIpc) is 2.25. The molecule has 0 aromatic rings. The van der Waals surface area contributed by atoms with Crippen LogP contribution in [0.5, 0.6) is 0 Å². The molecule has 0 aromatic carbocycles. The molecular weight excluding hydrogens is 190 g/mol. The first-order valence-corrected chi connectivity index (χ1v) is 7.99. The van der Waals surface area contributed by atoms with Crippen molar-refractivity contribution in [3.63, 3.8) is 0 Å². The summed E-state index contributed by atoms with van der Waals surface area (Å²) in [4.78, 5) is 3.58. The fourth-order valence-electron chi connectivity index (χ4n) is 2.29. The van der Waals surface area contributed by atoms with Gasteiger partial charge >= 0.3 is 0 Å². The highest BCUT2D eigenvalue weighted by molar-refractivity contribution is 6.48. The van der Waals surface area contributed by atoms with Gasteiger partial charge in [-0.25, -0.2) is 0 Å². The second-order valence-electron chi connectivity index (χ2n) is 4.42. The van der Waals surface area contributed by atoms with Gasteiger partial charge in [0, 0.05) is 7.11 Å². The Bertz CT molecular complexity index is 137. The van der Waals surface area contributed by atoms with Crippen LogP contribution in [0, 0.1) is 5.92 Å². The number of nitrogens with one attached hydrogen (secondary N) is 1. The molecule has 1 rings (SSSR count). The van der Waals surface area contributed by atoms with Gasteiger partial charge in [0.05, 0.1) is 0 Å². The molecule has 1 unspecified atom stereocenters. The molecule has 1 aliphatic carbocycles. The van der Waals surface area contributed by atoms with Crippen molar-refractivity contribution in [2.24, 2.45) is 5.92 Å². The van der Waals surface area contributed by atoms with Crippen molar-refractivity contribution in [3.05, 3.63) is 0 Å². The molecule has 3 heteroatoms. The predicted octanol–water partition coefficient (Wildman–Crippen LogP) is 2.43. The third kappa shape index (κ3) is 4.58. The summed E-state index contributed by atoms with van der Waals surface area (Å²) in [6.07, 6.45) is 8.46. The fraction of sp³-hybridized carbons (Fsp3) is 1.00. The summed E-state index contributed by atoms with van der Waals surface area (Å²) in [5.41, 5.74) is 0. The Hall–Kier alpha value is 0.137. The SMILES string of the molecule is CCCN[SiH](CC1CCCCC1)OC. The first-order chi connectivity index (χ1) is 6.86. The van der Waals surface area contributed by atoms with Gasteiger partial charge in [-0.1, -0.05) is 39.0 Å². The van der Waals surface area contributed by atoms with E-state index in [1.807, 2.05) is 7.11 Å². The third-order valence-corrected chi connectivity index (χ3v) is 5.59. The molecule has 84 valence electrons. The van der Waals surface area contributed by atoms with E-state index in [2.05, 4.69) is 11.9 Å². The maximum atomic E-state index is 5.58. The van der Waals surface area contributed by atoms with Crippen LogP contribution in [0.4, 0.5) is 0 Å². The highest BCUT2D eigenvalue weighted by Crippen LogP contribution is 2.27. The van der Waals surface area contributed by atoms with E-state index in [4.69, 9.17) is 4.43 Å². The third-order valence-electron chi connectivity index (χ3n) is 3.18. The van der Waals surface area contributed by atoms with Crippen LogP contribution < -0.4 is 4.98 Å². The van der Waals surface area contributed by atoms with Crippen LogP contribution in [0.15, 0.2) is 0 Å². The Morgan fingerprint density at radius 1 is 1.29 bits per heavy atom. The number of hydrogen-bond acceptors (Lipinski definition) is 2. The molecule has 2 nitrogen and oxygen atoms in total. The van der Waals surface area contributed by atoms with Gasteiger partial charge < -0.3 is 9.41 Å². The van der Waals surface area contributed by atoms with E-state index >= 15 is 0 Å². The van der Waals surface area contributed by atoms with Crippen molar-refractivity contribution < 1.29 is 4.43 Å². The lowest BCUT2D eigenvalue weighted by Crippen LogP contribution is -2.38. The summed E-state index contributed by atoms with van der Waals surface area (Å²) >= 11 is 0. The molecule has 1 aliphatic rings. The maximum Gasteiger partial charge on any atom is 0.252 e. The van der Waals surface area contributed by atoms with E-state index in [0.29, 0.717) is 0 Å². The predicted molar refractivity (Wildman–Crippen MR) is 63.8 cm³/mol. The van der Waals surface area contributed by atoms with Crippen LogP contribution in [0.1, 0.15) is 45.4 Å². The molecule has 0 aliphatic heterocycles. The molecule has 0 saturated heterocycles. The van der Waals surface area contributed by atoms with Crippen LogP contribution in [0.25, 0.3) is 0 Å². The largest absolute Gasteiger partial charge is 0.409 e. The van der Waals surface area contributed by atoms with E-state index in [1.165, 1.54) is 44.6 Å². The van der Waals surface area contributed by atoms with Crippen molar-refractivity contribution in [2.45, 2.75) is 51.5 Å². The molecule has 0 bridgehead atoms. The summed E-state index contributed by atoms with van der Waals surface area (Å²) in [5.74, 6) is 0.963. The molecule has 1 fully saturated rings. The van der Waals surface area contributed by atoms with Crippen LogP contribution >= 0.6 is 0 Å². The molecule has 0 amide bonds. The van der Waals surface area contributed by atoms with Crippen LogP contribution in [-0.4, -0.2) is 22.9 Å². The first kappa shape index (κ1) is 12.2. The monoisotopic (exact) mass is 215 g/mol. The smallest absolute Gasteiger partial charge is 0.252 e. The van der Waals surface area contributed by atoms with Gasteiger partial charge in [-0.2, -0.15) is 0 Å². The van der Waals surface area contributed by atoms with E-state index < -0.39 is 9.20 Å². The highest BCUT2D eigenvalue weighted by atomic mass is 28.3. The average molecular weight is 215 g/mol. The first-order valence-electron chi connectivity index (χ1n) is 6.13. The fourth-order valence-corrected chi connectivity index (χ4v) is 4.51. The molecule has 1 N–H and O–H groups in total. The molecule has 0 spiro atoms. The molecular formula is C11H25NOSi. The minimum atomic E-state index is -1.05. The zero-order valence-corrected chi connectivity index (χ0v) is 10.9. The van der Waals surface area contributed by atoms with Crippen molar-refractivity contribution in [1.82, 2.24) is 4.98 Å². The van der Waals surface area contributed by atoms with Crippen molar-refractivity contribution in [2.75, 3.05) is 13.7 Å². The van der Waals surface area contributed by atoms with Gasteiger partial charge in [0.15, 0.2) is 0 Å². The van der Waals surface area contributed by atoms with Gasteiger partial charge in [-0.15, -0.1) is 0 Å². The van der Waals surface area contributed by atoms with Crippen molar-refractivity contribution >= 4 is 9.20 Å². The lowest BCUT2D eigenvalue weighted by molar-refractivity contribution is 0.349. The Morgan fingerprint density at radius 2 is 2.00 bits per heavy atom. The quantitative estimate of drug-likeness (QED) is 0.687. The minimum absolute atomic E-state index is 0.963. The number of hydrogen-bond donors (Lipinski definition) is 1. The number of rotatable bonds is 6. The molecule has 1 saturated carbocycles. The van der Waals surface area contributed by atoms with Gasteiger partial charge in [0.1, 0.15) is 0 Å². The van der Waals surface area contributed by atoms with E-state index in [0.717, 1.165) is 12.5 Å². The van der Waals surface area contributed by atoms with E-state index in [1.54, 1.807) is 0 Å². The lowest BCUT2D eigenvalue weighted by atomic mass is 9.91. The Balaban J connectivity index is 2.16. The molecule has 0 radical (unpaired) electrons. The van der Waals surface area contributed by atoms with Crippen molar-refractivity contribution in [3.8, 4) is 0 Å². The topological polar surface area (TPSA) is 21.3 Å². The summed E-state index contributed by atoms with van der Waals surface area (Å²) in [6, 6.07) is 1.34. The van der Waals surface area contributed by atoms with Crippen LogP contribution in [0.2, 0.25) is 6.04 Å². The van der Waals surface area contributed by atoms with Crippen molar-refractivity contribution in [1.29, 1.82) is 0 Å². The summed E-state index contributed by atoms with van der Waals surface area (Å²) in [7, 11) is 0.824. The molecule has 0 heterocycles. The second-order valence-corrected chi connectivity index (χ2v) is 6.75. The standard InChI is InChI=1S/C11H25NOSi/c1-3-9-12-14(13-2)10-11-7-5-4-6-8-11/h11-12,14H,3-10H2,1-2H3. The lowest BCUT2D eigenvalue weighted by Gasteiger charge is -2.25. The summed E-state index contributed by atoms with van der Waals surface area (Å²) in [6.45, 7) is 3.35. The zero-order chi connectivity index (χ0) is 10.2. The normalized spacial score (nSPS) is 21.0. The summed E-state index contributed by atoms with van der Waals surface area (Å²) in [5, 5.41) is 0. The van der Waals surface area contributed by atoms with Gasteiger partial charge in [-0.3, -0.25) is 0 Å². The molecule has 14 heavy (non-hydrogen) atoms. The second kappa shape index (κ2) is 7.43.